The van der Waals surface area contributed by atoms with Crippen LogP contribution in [-0.2, 0) is 11.3 Å². The van der Waals surface area contributed by atoms with Gasteiger partial charge in [0.15, 0.2) is 10.6 Å². The predicted octanol–water partition coefficient (Wildman–Crippen LogP) is 3.97. The number of ether oxygens (including phenoxy) is 1. The quantitative estimate of drug-likeness (QED) is 0.568. The molecule has 9 heteroatoms. The smallest absolute Gasteiger partial charge is 0.245 e. The van der Waals surface area contributed by atoms with Crippen molar-refractivity contribution in [2.75, 3.05) is 33.3 Å². The van der Waals surface area contributed by atoms with Crippen molar-refractivity contribution >= 4 is 29.5 Å². The molecule has 1 saturated heterocycles. The first-order chi connectivity index (χ1) is 15.1. The molecular weight excluding hydrogens is 430 g/mol. The summed E-state index contributed by atoms with van der Waals surface area (Å²) < 4.78 is 7.55. The zero-order valence-electron chi connectivity index (χ0n) is 17.8. The molecule has 0 radical (unpaired) electrons. The monoisotopic (exact) mass is 457 g/mol. The number of benzene rings is 1. The third kappa shape index (κ3) is 4.89. The molecule has 1 aromatic carbocycles. The van der Waals surface area contributed by atoms with Gasteiger partial charge in [0.25, 0.3) is 0 Å². The summed E-state index contributed by atoms with van der Waals surface area (Å²) in [6, 6.07) is 11.7. The average molecular weight is 458 g/mol. The number of aromatic nitrogens is 3. The average Bonchev–Trinajstić information content (AvgIpc) is 3.39. The molecule has 0 spiro atoms. The Morgan fingerprint density at radius 3 is 2.74 bits per heavy atom. The summed E-state index contributed by atoms with van der Waals surface area (Å²) in [6.07, 6.45) is 0.948. The summed E-state index contributed by atoms with van der Waals surface area (Å²) >= 11 is 7.03. The van der Waals surface area contributed by atoms with Gasteiger partial charge >= 0.3 is 0 Å². The lowest BCUT2D eigenvalue weighted by Gasteiger charge is -2.25. The van der Waals surface area contributed by atoms with E-state index >= 15 is 0 Å². The highest BCUT2D eigenvalue weighted by molar-refractivity contribution is 7.71. The molecule has 0 saturated carbocycles. The highest BCUT2D eigenvalue weighted by atomic mass is 32.1. The number of hydrogen-bond donors (Lipinski definition) is 1. The Balaban J connectivity index is 1.42. The van der Waals surface area contributed by atoms with Crippen LogP contribution < -0.4 is 4.74 Å². The second kappa shape index (κ2) is 9.76. The van der Waals surface area contributed by atoms with Crippen LogP contribution in [0.1, 0.15) is 24.9 Å². The molecule has 0 bridgehead atoms. The molecule has 0 aliphatic carbocycles. The number of thiophene rings is 1. The number of carbonyl (C=O) groups is 1. The summed E-state index contributed by atoms with van der Waals surface area (Å²) in [5.74, 6) is 1.67. The Morgan fingerprint density at radius 1 is 1.23 bits per heavy atom. The number of H-pyrrole nitrogens is 1. The van der Waals surface area contributed by atoms with Crippen molar-refractivity contribution in [3.05, 3.63) is 52.1 Å². The molecule has 1 fully saturated rings. The fraction of sp³-hybridized carbons (Fsp3) is 0.409. The van der Waals surface area contributed by atoms with E-state index in [1.54, 1.807) is 18.4 Å². The first-order valence-electron chi connectivity index (χ1n) is 10.4. The van der Waals surface area contributed by atoms with E-state index in [2.05, 4.69) is 27.2 Å². The number of methoxy groups -OCH3 is 1. The summed E-state index contributed by atoms with van der Waals surface area (Å²) in [5.41, 5.74) is 1.25. The minimum absolute atomic E-state index is 0.0848. The molecule has 31 heavy (non-hydrogen) atoms. The number of nitrogens with zero attached hydrogens (tertiary/aromatic N) is 4. The van der Waals surface area contributed by atoms with E-state index in [0.29, 0.717) is 11.3 Å². The highest BCUT2D eigenvalue weighted by Crippen LogP contribution is 2.26. The van der Waals surface area contributed by atoms with Crippen LogP contribution in [0, 0.1) is 4.77 Å². The van der Waals surface area contributed by atoms with Crippen molar-refractivity contribution in [1.82, 2.24) is 24.6 Å². The maximum Gasteiger partial charge on any atom is 0.245 e. The zero-order chi connectivity index (χ0) is 21.8. The number of hydrogen-bond acceptors (Lipinski definition) is 6. The fourth-order valence-corrected chi connectivity index (χ4v) is 4.96. The SMILES string of the molecule is COc1ccc(CN2CCCN(C(=O)C(C)n3c(-c4cccs4)n[nH]c3=S)CC2)cc1. The normalized spacial score (nSPS) is 16.1. The third-order valence-electron chi connectivity index (χ3n) is 5.66. The van der Waals surface area contributed by atoms with Crippen molar-refractivity contribution in [1.29, 1.82) is 0 Å². The Hall–Kier alpha value is -2.49. The van der Waals surface area contributed by atoms with Crippen LogP contribution in [0.2, 0.25) is 0 Å². The lowest BCUT2D eigenvalue weighted by molar-refractivity contribution is -0.134. The van der Waals surface area contributed by atoms with Gasteiger partial charge in [0.05, 0.1) is 12.0 Å². The van der Waals surface area contributed by atoms with E-state index in [0.717, 1.165) is 49.1 Å². The minimum Gasteiger partial charge on any atom is -0.497 e. The zero-order valence-corrected chi connectivity index (χ0v) is 19.4. The molecule has 3 aromatic rings. The molecular formula is C22H27N5O2S2. The van der Waals surface area contributed by atoms with Gasteiger partial charge in [-0.15, -0.1) is 11.3 Å². The second-order valence-electron chi connectivity index (χ2n) is 7.68. The van der Waals surface area contributed by atoms with Gasteiger partial charge in [-0.1, -0.05) is 18.2 Å². The Bertz CT molecular complexity index is 1060. The molecule has 164 valence electrons. The summed E-state index contributed by atoms with van der Waals surface area (Å²) in [6.45, 7) is 6.05. The van der Waals surface area contributed by atoms with E-state index < -0.39 is 6.04 Å². The topological polar surface area (TPSA) is 66.4 Å². The maximum absolute atomic E-state index is 13.3. The molecule has 1 unspecified atom stereocenters. The van der Waals surface area contributed by atoms with E-state index in [1.165, 1.54) is 5.56 Å². The van der Waals surface area contributed by atoms with E-state index in [9.17, 15) is 4.79 Å². The summed E-state index contributed by atoms with van der Waals surface area (Å²) in [5, 5.41) is 9.21. The van der Waals surface area contributed by atoms with Gasteiger partial charge in [0.1, 0.15) is 11.8 Å². The van der Waals surface area contributed by atoms with Crippen LogP contribution in [0.5, 0.6) is 5.75 Å². The second-order valence-corrected chi connectivity index (χ2v) is 9.01. The first kappa shape index (κ1) is 21.7. The molecule has 1 atom stereocenters. The molecule has 2 aromatic heterocycles. The van der Waals surface area contributed by atoms with Gasteiger partial charge in [0.2, 0.25) is 5.91 Å². The number of rotatable bonds is 6. The highest BCUT2D eigenvalue weighted by Gasteiger charge is 2.27. The Morgan fingerprint density at radius 2 is 2.03 bits per heavy atom. The molecule has 4 rings (SSSR count). The third-order valence-corrected chi connectivity index (χ3v) is 6.81. The fourth-order valence-electron chi connectivity index (χ4n) is 3.96. The van der Waals surface area contributed by atoms with E-state index in [4.69, 9.17) is 17.0 Å². The van der Waals surface area contributed by atoms with Crippen LogP contribution in [-0.4, -0.2) is 63.8 Å². The summed E-state index contributed by atoms with van der Waals surface area (Å²) in [7, 11) is 1.68. The van der Waals surface area contributed by atoms with Gasteiger partial charge in [-0.3, -0.25) is 19.4 Å². The Labute approximate surface area is 191 Å². The molecule has 1 aliphatic heterocycles. The van der Waals surface area contributed by atoms with Crippen LogP contribution >= 0.6 is 23.6 Å². The molecule has 3 heterocycles. The number of amides is 1. The largest absolute Gasteiger partial charge is 0.497 e. The van der Waals surface area contributed by atoms with Crippen molar-refractivity contribution < 1.29 is 9.53 Å². The van der Waals surface area contributed by atoms with Gasteiger partial charge < -0.3 is 9.64 Å². The van der Waals surface area contributed by atoms with Crippen molar-refractivity contribution in [3.8, 4) is 16.5 Å². The molecule has 7 nitrogen and oxygen atoms in total. The van der Waals surface area contributed by atoms with Gasteiger partial charge in [-0.25, -0.2) is 0 Å². The van der Waals surface area contributed by atoms with E-state index in [-0.39, 0.29) is 5.91 Å². The molecule has 1 N–H and O–H groups in total. The van der Waals surface area contributed by atoms with Crippen molar-refractivity contribution in [2.45, 2.75) is 25.9 Å². The van der Waals surface area contributed by atoms with Gasteiger partial charge in [-0.05, 0) is 54.7 Å². The van der Waals surface area contributed by atoms with Crippen molar-refractivity contribution in [2.24, 2.45) is 0 Å². The maximum atomic E-state index is 13.3. The minimum atomic E-state index is -0.406. The lowest BCUT2D eigenvalue weighted by atomic mass is 10.2. The molecule has 1 amide bonds. The Kier molecular flexibility index (Phi) is 6.84. The first-order valence-corrected chi connectivity index (χ1v) is 11.7. The summed E-state index contributed by atoms with van der Waals surface area (Å²) in [4.78, 5) is 18.7. The van der Waals surface area contributed by atoms with Crippen LogP contribution in [0.15, 0.2) is 41.8 Å². The number of carbonyl (C=O) groups excluding carboxylic acids is 1. The van der Waals surface area contributed by atoms with Crippen LogP contribution in [0.3, 0.4) is 0 Å². The number of aromatic amines is 1. The number of nitrogens with one attached hydrogen (secondary N) is 1. The molecule has 1 aliphatic rings. The van der Waals surface area contributed by atoms with Crippen molar-refractivity contribution in [3.63, 3.8) is 0 Å². The standard InChI is InChI=1S/C22H27N5O2S2/c1-16(27-20(23-24-22(27)30)19-5-3-14-31-19)21(28)26-11-4-10-25(12-13-26)15-17-6-8-18(29-2)9-7-17/h3,5-9,14,16H,4,10-13,15H2,1-2H3,(H,24,30). The van der Waals surface area contributed by atoms with Gasteiger partial charge in [0, 0.05) is 32.7 Å². The van der Waals surface area contributed by atoms with Crippen LogP contribution in [0.4, 0.5) is 0 Å². The van der Waals surface area contributed by atoms with Gasteiger partial charge in [-0.2, -0.15) is 5.10 Å². The predicted molar refractivity (Wildman–Crippen MR) is 125 cm³/mol. The van der Waals surface area contributed by atoms with Crippen LogP contribution in [0.25, 0.3) is 10.7 Å². The lowest BCUT2D eigenvalue weighted by Crippen LogP contribution is -2.39. The van der Waals surface area contributed by atoms with E-state index in [1.807, 2.05) is 46.0 Å².